The predicted octanol–water partition coefficient (Wildman–Crippen LogP) is 1.72. The Morgan fingerprint density at radius 1 is 1.26 bits per heavy atom. The van der Waals surface area contributed by atoms with Gasteiger partial charge in [-0.25, -0.2) is 0 Å². The number of aromatic nitrogens is 1. The van der Waals surface area contributed by atoms with Crippen LogP contribution >= 0.6 is 0 Å². The minimum Gasteiger partial charge on any atom is -0.384 e. The van der Waals surface area contributed by atoms with E-state index in [4.69, 9.17) is 0 Å². The van der Waals surface area contributed by atoms with Crippen LogP contribution in [0.3, 0.4) is 0 Å². The lowest BCUT2D eigenvalue weighted by atomic mass is 9.96. The molecule has 0 bridgehead atoms. The number of benzene rings is 1. The molecule has 1 aromatic carbocycles. The predicted molar refractivity (Wildman–Crippen MR) is 72.6 cm³/mol. The molecule has 1 heterocycles. The summed E-state index contributed by atoms with van der Waals surface area (Å²) in [7, 11) is 0. The van der Waals surface area contributed by atoms with Crippen LogP contribution in [0.25, 0.3) is 0 Å². The van der Waals surface area contributed by atoms with Crippen LogP contribution < -0.4 is 5.32 Å². The van der Waals surface area contributed by atoms with E-state index < -0.39 is 5.60 Å². The van der Waals surface area contributed by atoms with Crippen LogP contribution in [0.15, 0.2) is 54.9 Å². The van der Waals surface area contributed by atoms with Crippen LogP contribution in [-0.2, 0) is 5.60 Å². The van der Waals surface area contributed by atoms with Crippen molar-refractivity contribution in [2.45, 2.75) is 12.5 Å². The van der Waals surface area contributed by atoms with E-state index in [1.54, 1.807) is 25.3 Å². The molecule has 0 saturated carbocycles. The topological polar surface area (TPSA) is 62.2 Å². The molecular weight excluding hydrogens is 240 g/mol. The summed E-state index contributed by atoms with van der Waals surface area (Å²) in [5.74, 6) is -0.246. The van der Waals surface area contributed by atoms with Crippen LogP contribution in [0.2, 0.25) is 0 Å². The molecule has 2 N–H and O–H groups in total. The van der Waals surface area contributed by atoms with E-state index in [1.807, 2.05) is 30.3 Å². The molecule has 4 nitrogen and oxygen atoms in total. The second-order valence-electron chi connectivity index (χ2n) is 4.56. The number of rotatable bonds is 4. The van der Waals surface area contributed by atoms with Crippen molar-refractivity contribution in [3.63, 3.8) is 0 Å². The highest BCUT2D eigenvalue weighted by Crippen LogP contribution is 2.18. The Hall–Kier alpha value is -2.20. The maximum absolute atomic E-state index is 11.9. The quantitative estimate of drug-likeness (QED) is 0.875. The van der Waals surface area contributed by atoms with E-state index in [2.05, 4.69) is 10.3 Å². The first-order valence-corrected chi connectivity index (χ1v) is 6.06. The van der Waals surface area contributed by atoms with Crippen LogP contribution in [0, 0.1) is 0 Å². The zero-order valence-electron chi connectivity index (χ0n) is 10.7. The van der Waals surface area contributed by atoms with Crippen molar-refractivity contribution < 1.29 is 9.90 Å². The fourth-order valence-corrected chi connectivity index (χ4v) is 1.75. The van der Waals surface area contributed by atoms with Gasteiger partial charge in [-0.3, -0.25) is 9.78 Å². The number of carbonyl (C=O) groups is 1. The van der Waals surface area contributed by atoms with Gasteiger partial charge in [-0.2, -0.15) is 0 Å². The number of aliphatic hydroxyl groups is 1. The molecule has 0 fully saturated rings. The van der Waals surface area contributed by atoms with Crippen molar-refractivity contribution in [2.75, 3.05) is 6.54 Å². The van der Waals surface area contributed by atoms with Crippen molar-refractivity contribution in [3.05, 3.63) is 66.0 Å². The molecule has 1 amide bonds. The first kappa shape index (κ1) is 13.2. The summed E-state index contributed by atoms with van der Waals surface area (Å²) in [6.45, 7) is 1.82. The summed E-state index contributed by atoms with van der Waals surface area (Å²) in [4.78, 5) is 15.7. The highest BCUT2D eigenvalue weighted by atomic mass is 16.3. The van der Waals surface area contributed by atoms with Gasteiger partial charge in [-0.1, -0.05) is 30.3 Å². The Kier molecular flexibility index (Phi) is 3.92. The summed E-state index contributed by atoms with van der Waals surface area (Å²) in [5, 5.41) is 13.1. The number of carbonyl (C=O) groups excluding carboxylic acids is 1. The van der Waals surface area contributed by atoms with Gasteiger partial charge >= 0.3 is 0 Å². The summed E-state index contributed by atoms with van der Waals surface area (Å²) in [6, 6.07) is 12.6. The second kappa shape index (κ2) is 5.63. The lowest BCUT2D eigenvalue weighted by Gasteiger charge is -2.24. The molecule has 4 heteroatoms. The van der Waals surface area contributed by atoms with Crippen LogP contribution in [-0.4, -0.2) is 22.5 Å². The smallest absolute Gasteiger partial charge is 0.252 e. The molecule has 0 saturated heterocycles. The minimum absolute atomic E-state index is 0.144. The summed E-state index contributed by atoms with van der Waals surface area (Å²) in [5.41, 5.74) is 0.145. The molecule has 2 aromatic rings. The number of nitrogens with zero attached hydrogens (tertiary/aromatic N) is 1. The highest BCUT2D eigenvalue weighted by molar-refractivity contribution is 5.93. The SMILES string of the molecule is CC(O)(CNC(=O)c1cccnc1)c1ccccc1. The number of hydrogen-bond donors (Lipinski definition) is 2. The number of nitrogens with one attached hydrogen (secondary N) is 1. The van der Waals surface area contributed by atoms with Gasteiger partial charge in [0.2, 0.25) is 0 Å². The molecule has 0 spiro atoms. The van der Waals surface area contributed by atoms with Gasteiger partial charge in [0.1, 0.15) is 5.60 Å². The molecule has 1 aromatic heterocycles. The molecule has 0 aliphatic carbocycles. The van der Waals surface area contributed by atoms with Gasteiger partial charge in [0.05, 0.1) is 12.1 Å². The number of amides is 1. The van der Waals surface area contributed by atoms with E-state index in [1.165, 1.54) is 6.20 Å². The normalized spacial score (nSPS) is 13.6. The van der Waals surface area contributed by atoms with Gasteiger partial charge in [0.15, 0.2) is 0 Å². The number of pyridine rings is 1. The van der Waals surface area contributed by atoms with Crippen molar-refractivity contribution in [3.8, 4) is 0 Å². The van der Waals surface area contributed by atoms with Crippen LogP contribution in [0.1, 0.15) is 22.8 Å². The second-order valence-corrected chi connectivity index (χ2v) is 4.56. The Labute approximate surface area is 112 Å². The zero-order chi connectivity index (χ0) is 13.7. The average Bonchev–Trinajstić information content (AvgIpc) is 2.47. The summed E-state index contributed by atoms with van der Waals surface area (Å²) >= 11 is 0. The molecule has 0 aliphatic rings. The summed E-state index contributed by atoms with van der Waals surface area (Å²) < 4.78 is 0. The Morgan fingerprint density at radius 3 is 2.63 bits per heavy atom. The maximum Gasteiger partial charge on any atom is 0.252 e. The molecule has 0 aliphatic heterocycles. The molecule has 0 radical (unpaired) electrons. The van der Waals surface area contributed by atoms with Crippen molar-refractivity contribution >= 4 is 5.91 Å². The molecule has 98 valence electrons. The third kappa shape index (κ3) is 3.39. The highest BCUT2D eigenvalue weighted by Gasteiger charge is 2.23. The Bertz CT molecular complexity index is 539. The number of hydrogen-bond acceptors (Lipinski definition) is 3. The van der Waals surface area contributed by atoms with Gasteiger partial charge < -0.3 is 10.4 Å². The van der Waals surface area contributed by atoms with Gasteiger partial charge in [-0.15, -0.1) is 0 Å². The largest absolute Gasteiger partial charge is 0.384 e. The Balaban J connectivity index is 2.01. The van der Waals surface area contributed by atoms with E-state index >= 15 is 0 Å². The van der Waals surface area contributed by atoms with E-state index in [0.29, 0.717) is 5.56 Å². The van der Waals surface area contributed by atoms with Crippen LogP contribution in [0.4, 0.5) is 0 Å². The van der Waals surface area contributed by atoms with Gasteiger partial charge in [-0.05, 0) is 24.6 Å². The third-order valence-corrected chi connectivity index (χ3v) is 2.91. The van der Waals surface area contributed by atoms with Crippen LogP contribution in [0.5, 0.6) is 0 Å². The molecule has 2 rings (SSSR count). The van der Waals surface area contributed by atoms with E-state index in [9.17, 15) is 9.90 Å². The van der Waals surface area contributed by atoms with Crippen molar-refractivity contribution in [2.24, 2.45) is 0 Å². The fraction of sp³-hybridized carbons (Fsp3) is 0.200. The fourth-order valence-electron chi connectivity index (χ4n) is 1.75. The van der Waals surface area contributed by atoms with Gasteiger partial charge in [0, 0.05) is 12.4 Å². The van der Waals surface area contributed by atoms with Gasteiger partial charge in [0.25, 0.3) is 5.91 Å². The lowest BCUT2D eigenvalue weighted by Crippen LogP contribution is -2.38. The molecular formula is C15H16N2O2. The van der Waals surface area contributed by atoms with E-state index in [-0.39, 0.29) is 12.5 Å². The molecule has 1 unspecified atom stereocenters. The molecule has 1 atom stereocenters. The first-order chi connectivity index (χ1) is 9.09. The average molecular weight is 256 g/mol. The first-order valence-electron chi connectivity index (χ1n) is 6.06. The van der Waals surface area contributed by atoms with E-state index in [0.717, 1.165) is 5.56 Å². The zero-order valence-corrected chi connectivity index (χ0v) is 10.7. The van der Waals surface area contributed by atoms with Crippen molar-refractivity contribution in [1.29, 1.82) is 0 Å². The monoisotopic (exact) mass is 256 g/mol. The third-order valence-electron chi connectivity index (χ3n) is 2.91. The summed E-state index contributed by atoms with van der Waals surface area (Å²) in [6.07, 6.45) is 3.10. The lowest BCUT2D eigenvalue weighted by molar-refractivity contribution is 0.0526. The van der Waals surface area contributed by atoms with Crippen molar-refractivity contribution in [1.82, 2.24) is 10.3 Å². The minimum atomic E-state index is -1.10. The Morgan fingerprint density at radius 2 is 2.00 bits per heavy atom. The maximum atomic E-state index is 11.9. The standard InChI is InChI=1S/C15H16N2O2/c1-15(19,13-7-3-2-4-8-13)11-17-14(18)12-6-5-9-16-10-12/h2-10,19H,11H2,1H3,(H,17,18). The molecule has 19 heavy (non-hydrogen) atoms.